The highest BCUT2D eigenvalue weighted by Crippen LogP contribution is 2.35. The number of nitrogens with zero attached hydrogens (tertiary/aromatic N) is 1. The van der Waals surface area contributed by atoms with Crippen molar-refractivity contribution in [3.05, 3.63) is 72.3 Å². The summed E-state index contributed by atoms with van der Waals surface area (Å²) in [4.78, 5) is 0. The van der Waals surface area contributed by atoms with E-state index in [1.54, 1.807) is 0 Å². The average Bonchev–Trinajstić information content (AvgIpc) is 2.79. The van der Waals surface area contributed by atoms with Crippen molar-refractivity contribution in [3.63, 3.8) is 0 Å². The lowest BCUT2D eigenvalue weighted by Gasteiger charge is -2.10. The van der Waals surface area contributed by atoms with Crippen molar-refractivity contribution in [3.8, 4) is 11.3 Å². The zero-order valence-electron chi connectivity index (χ0n) is 12.3. The summed E-state index contributed by atoms with van der Waals surface area (Å²) >= 11 is 0. The summed E-state index contributed by atoms with van der Waals surface area (Å²) in [6.45, 7) is 2.22. The van der Waals surface area contributed by atoms with Gasteiger partial charge in [0.05, 0.1) is 5.69 Å². The van der Waals surface area contributed by atoms with Crippen LogP contribution in [0, 0.1) is 6.92 Å². The lowest BCUT2D eigenvalue weighted by molar-refractivity contribution is 0.975. The predicted molar refractivity (Wildman–Crippen MR) is 90.6 cm³/mol. The molecule has 1 heteroatoms. The lowest BCUT2D eigenvalue weighted by Crippen LogP contribution is -1.93. The summed E-state index contributed by atoms with van der Waals surface area (Å²) in [5, 5.41) is 3.94. The molecule has 0 atom stereocenters. The third-order valence-corrected chi connectivity index (χ3v) is 4.40. The van der Waals surface area contributed by atoms with Crippen LogP contribution in [0.2, 0.25) is 0 Å². The van der Waals surface area contributed by atoms with Crippen molar-refractivity contribution in [2.45, 2.75) is 6.92 Å². The quantitative estimate of drug-likeness (QED) is 0.442. The molecule has 3 aromatic carbocycles. The van der Waals surface area contributed by atoms with Gasteiger partial charge in [-0.3, -0.25) is 0 Å². The van der Waals surface area contributed by atoms with Crippen LogP contribution >= 0.6 is 0 Å². The SMILES string of the molecule is Cc1c(-c2cccc3ccccc23)n(C)c2ccccc12. The summed E-state index contributed by atoms with van der Waals surface area (Å²) in [6.07, 6.45) is 0. The molecule has 0 bridgehead atoms. The second-order valence-electron chi connectivity index (χ2n) is 5.58. The smallest absolute Gasteiger partial charge is 0.0524 e. The first kappa shape index (κ1) is 12.2. The molecule has 0 spiro atoms. The summed E-state index contributed by atoms with van der Waals surface area (Å²) in [5.74, 6) is 0. The van der Waals surface area contributed by atoms with Crippen LogP contribution in [0.1, 0.15) is 5.56 Å². The molecule has 1 nitrogen and oxygen atoms in total. The highest BCUT2D eigenvalue weighted by atomic mass is 14.9. The van der Waals surface area contributed by atoms with Gasteiger partial charge in [0.2, 0.25) is 0 Å². The minimum atomic E-state index is 1.29. The van der Waals surface area contributed by atoms with Gasteiger partial charge < -0.3 is 4.57 Å². The van der Waals surface area contributed by atoms with Crippen LogP contribution in [0.25, 0.3) is 32.9 Å². The third-order valence-electron chi connectivity index (χ3n) is 4.40. The number of aromatic nitrogens is 1. The monoisotopic (exact) mass is 271 g/mol. The van der Waals surface area contributed by atoms with Crippen molar-refractivity contribution in [1.82, 2.24) is 4.57 Å². The predicted octanol–water partition coefficient (Wildman–Crippen LogP) is 5.31. The first-order valence-corrected chi connectivity index (χ1v) is 7.29. The molecule has 1 aromatic heterocycles. The molecule has 0 saturated heterocycles. The first-order chi connectivity index (χ1) is 10.3. The van der Waals surface area contributed by atoms with Crippen LogP contribution in [-0.2, 0) is 7.05 Å². The van der Waals surface area contributed by atoms with Gasteiger partial charge in [0.15, 0.2) is 0 Å². The molecule has 0 amide bonds. The van der Waals surface area contributed by atoms with E-state index in [0.29, 0.717) is 0 Å². The molecule has 4 rings (SSSR count). The van der Waals surface area contributed by atoms with Crippen LogP contribution in [0.15, 0.2) is 66.7 Å². The Labute approximate surface area is 124 Å². The number of hydrogen-bond donors (Lipinski definition) is 0. The van der Waals surface area contributed by atoms with Gasteiger partial charge in [-0.1, -0.05) is 60.7 Å². The van der Waals surface area contributed by atoms with E-state index < -0.39 is 0 Å². The number of benzene rings is 3. The largest absolute Gasteiger partial charge is 0.343 e. The number of fused-ring (bicyclic) bond motifs is 2. The first-order valence-electron chi connectivity index (χ1n) is 7.29. The molecule has 0 fully saturated rings. The van der Waals surface area contributed by atoms with Gasteiger partial charge in [-0.25, -0.2) is 0 Å². The second kappa shape index (κ2) is 4.49. The van der Waals surface area contributed by atoms with Gasteiger partial charge in [0, 0.05) is 23.5 Å². The Morgan fingerprint density at radius 3 is 2.19 bits per heavy atom. The Morgan fingerprint density at radius 2 is 1.38 bits per heavy atom. The van der Waals surface area contributed by atoms with Gasteiger partial charge in [0.25, 0.3) is 0 Å². The molecule has 0 radical (unpaired) electrons. The van der Waals surface area contributed by atoms with Crippen molar-refractivity contribution < 1.29 is 0 Å². The zero-order chi connectivity index (χ0) is 14.4. The fraction of sp³-hybridized carbons (Fsp3) is 0.100. The van der Waals surface area contributed by atoms with Gasteiger partial charge in [-0.05, 0) is 29.3 Å². The van der Waals surface area contributed by atoms with Crippen molar-refractivity contribution in [2.24, 2.45) is 7.05 Å². The van der Waals surface area contributed by atoms with Crippen molar-refractivity contribution in [2.75, 3.05) is 0 Å². The van der Waals surface area contributed by atoms with E-state index in [9.17, 15) is 0 Å². The highest BCUT2D eigenvalue weighted by molar-refractivity contribution is 6.01. The molecule has 21 heavy (non-hydrogen) atoms. The van der Waals surface area contributed by atoms with Crippen LogP contribution in [0.3, 0.4) is 0 Å². The van der Waals surface area contributed by atoms with Gasteiger partial charge >= 0.3 is 0 Å². The molecule has 0 aliphatic carbocycles. The summed E-state index contributed by atoms with van der Waals surface area (Å²) in [5.41, 5.74) is 5.26. The molecular weight excluding hydrogens is 254 g/mol. The number of para-hydroxylation sites is 1. The molecule has 102 valence electrons. The average molecular weight is 271 g/mol. The van der Waals surface area contributed by atoms with Crippen molar-refractivity contribution in [1.29, 1.82) is 0 Å². The van der Waals surface area contributed by atoms with Crippen LogP contribution in [0.5, 0.6) is 0 Å². The van der Waals surface area contributed by atoms with E-state index in [2.05, 4.69) is 85.3 Å². The summed E-state index contributed by atoms with van der Waals surface area (Å²) in [7, 11) is 2.16. The third kappa shape index (κ3) is 1.71. The normalized spacial score (nSPS) is 11.3. The molecular formula is C20H17N. The number of hydrogen-bond acceptors (Lipinski definition) is 0. The van der Waals surface area contributed by atoms with Gasteiger partial charge in [-0.15, -0.1) is 0 Å². The molecule has 1 heterocycles. The van der Waals surface area contributed by atoms with Crippen molar-refractivity contribution >= 4 is 21.7 Å². The standard InChI is InChI=1S/C20H17N/c1-14-16-10-5-6-13-19(16)21(2)20(14)18-12-7-9-15-8-3-4-11-17(15)18/h3-13H,1-2H3. The van der Waals surface area contributed by atoms with Crippen LogP contribution < -0.4 is 0 Å². The van der Waals surface area contributed by atoms with E-state index in [0.717, 1.165) is 0 Å². The zero-order valence-corrected chi connectivity index (χ0v) is 12.3. The maximum atomic E-state index is 2.31. The Bertz CT molecular complexity index is 916. The Kier molecular flexibility index (Phi) is 2.61. The van der Waals surface area contributed by atoms with Gasteiger partial charge in [-0.2, -0.15) is 0 Å². The Hall–Kier alpha value is -2.54. The van der Waals surface area contributed by atoms with Crippen LogP contribution in [-0.4, -0.2) is 4.57 Å². The molecule has 4 aromatic rings. The van der Waals surface area contributed by atoms with E-state index in [4.69, 9.17) is 0 Å². The summed E-state index contributed by atoms with van der Waals surface area (Å²) in [6, 6.07) is 23.8. The highest BCUT2D eigenvalue weighted by Gasteiger charge is 2.14. The topological polar surface area (TPSA) is 4.93 Å². The molecule has 0 saturated carbocycles. The fourth-order valence-corrected chi connectivity index (χ4v) is 3.40. The lowest BCUT2D eigenvalue weighted by atomic mass is 9.99. The van der Waals surface area contributed by atoms with E-state index >= 15 is 0 Å². The van der Waals surface area contributed by atoms with Crippen LogP contribution in [0.4, 0.5) is 0 Å². The van der Waals surface area contributed by atoms with E-state index in [-0.39, 0.29) is 0 Å². The van der Waals surface area contributed by atoms with E-state index in [1.807, 2.05) is 0 Å². The number of rotatable bonds is 1. The molecule has 0 aliphatic heterocycles. The molecule has 0 aliphatic rings. The van der Waals surface area contributed by atoms with E-state index in [1.165, 1.54) is 38.5 Å². The molecule has 0 unspecified atom stereocenters. The summed E-state index contributed by atoms with van der Waals surface area (Å²) < 4.78 is 2.31. The minimum Gasteiger partial charge on any atom is -0.343 e. The van der Waals surface area contributed by atoms with Gasteiger partial charge in [0.1, 0.15) is 0 Å². The number of aryl methyl sites for hydroxylation is 2. The minimum absolute atomic E-state index is 1.29. The Morgan fingerprint density at radius 1 is 0.714 bits per heavy atom. The maximum Gasteiger partial charge on any atom is 0.0524 e. The Balaban J connectivity index is 2.15. The fourth-order valence-electron chi connectivity index (χ4n) is 3.40. The second-order valence-corrected chi connectivity index (χ2v) is 5.58. The molecule has 0 N–H and O–H groups in total. The maximum absolute atomic E-state index is 2.31.